The highest BCUT2D eigenvalue weighted by atomic mass is 14.3. The third-order valence-electron chi connectivity index (χ3n) is 2.89. The fourth-order valence-corrected chi connectivity index (χ4v) is 2.18. The summed E-state index contributed by atoms with van der Waals surface area (Å²) in [7, 11) is 0. The first-order valence-corrected chi connectivity index (χ1v) is 4.58. The van der Waals surface area contributed by atoms with E-state index in [-0.39, 0.29) is 0 Å². The summed E-state index contributed by atoms with van der Waals surface area (Å²) >= 11 is 0. The van der Waals surface area contributed by atoms with Crippen LogP contribution in [0.1, 0.15) is 23.5 Å². The van der Waals surface area contributed by atoms with Gasteiger partial charge in [0.25, 0.3) is 0 Å². The molecule has 0 saturated heterocycles. The maximum atomic E-state index is 2.28. The van der Waals surface area contributed by atoms with Crippen LogP contribution in [-0.4, -0.2) is 0 Å². The molecule has 0 nitrogen and oxygen atoms in total. The predicted molar refractivity (Wildman–Crippen MR) is 49.9 cm³/mol. The van der Waals surface area contributed by atoms with Crippen LogP contribution in [0.3, 0.4) is 0 Å². The summed E-state index contributed by atoms with van der Waals surface area (Å²) in [6.45, 7) is 0. The Kier molecular flexibility index (Phi) is 1.20. The van der Waals surface area contributed by atoms with Crippen LogP contribution in [0.5, 0.6) is 0 Å². The molecule has 0 N–H and O–H groups in total. The fourth-order valence-electron chi connectivity index (χ4n) is 2.18. The number of allylic oxidation sites excluding steroid dienone is 2. The van der Waals surface area contributed by atoms with Crippen molar-refractivity contribution in [2.24, 2.45) is 0 Å². The van der Waals surface area contributed by atoms with Gasteiger partial charge in [0.05, 0.1) is 0 Å². The Balaban J connectivity index is 2.07. The second-order valence-electron chi connectivity index (χ2n) is 3.62. The zero-order chi connectivity index (χ0) is 7.97. The second-order valence-corrected chi connectivity index (χ2v) is 3.62. The number of aryl methyl sites for hydroxylation is 1. The molecule has 2 aliphatic rings. The Morgan fingerprint density at radius 3 is 2.83 bits per heavy atom. The molecule has 1 aromatic rings. The molecule has 12 heavy (non-hydrogen) atoms. The van der Waals surface area contributed by atoms with Crippen molar-refractivity contribution >= 4 is 0 Å². The van der Waals surface area contributed by atoms with Gasteiger partial charge in [-0.25, -0.2) is 0 Å². The van der Waals surface area contributed by atoms with E-state index in [0.717, 1.165) is 5.92 Å². The van der Waals surface area contributed by atoms with Crippen molar-refractivity contribution in [3.63, 3.8) is 0 Å². The lowest BCUT2D eigenvalue weighted by Crippen LogP contribution is -1.89. The minimum absolute atomic E-state index is 0.737. The standard InChI is InChI=1S/C12H11/c1-2-4-11-9(3-1)7-8-12(11)10-5-6-10/h1-6,12H,7-8H2. The molecule has 1 atom stereocenters. The number of rotatable bonds is 1. The van der Waals surface area contributed by atoms with Crippen molar-refractivity contribution in [2.75, 3.05) is 0 Å². The van der Waals surface area contributed by atoms with E-state index in [1.807, 2.05) is 0 Å². The Labute approximate surface area is 72.9 Å². The predicted octanol–water partition coefficient (Wildman–Crippen LogP) is 2.86. The van der Waals surface area contributed by atoms with Gasteiger partial charge in [-0.1, -0.05) is 35.9 Å². The van der Waals surface area contributed by atoms with Crippen LogP contribution in [-0.2, 0) is 6.42 Å². The smallest absolute Gasteiger partial charge is 0.00868 e. The van der Waals surface area contributed by atoms with Gasteiger partial charge in [-0.15, -0.1) is 0 Å². The van der Waals surface area contributed by atoms with E-state index < -0.39 is 0 Å². The van der Waals surface area contributed by atoms with Crippen molar-refractivity contribution in [2.45, 2.75) is 18.8 Å². The van der Waals surface area contributed by atoms with Gasteiger partial charge in [-0.05, 0) is 24.0 Å². The molecule has 0 bridgehead atoms. The minimum atomic E-state index is 0.737. The molecule has 0 spiro atoms. The Morgan fingerprint density at radius 1 is 1.17 bits per heavy atom. The molecule has 59 valence electrons. The number of benzene rings is 1. The summed E-state index contributed by atoms with van der Waals surface area (Å²) in [5.41, 5.74) is 4.68. The van der Waals surface area contributed by atoms with E-state index in [1.54, 1.807) is 16.7 Å². The zero-order valence-corrected chi connectivity index (χ0v) is 6.96. The average Bonchev–Trinajstić information content (AvgIpc) is 2.86. The molecular formula is C12H11. The Bertz CT molecular complexity index is 347. The molecule has 1 radical (unpaired) electrons. The van der Waals surface area contributed by atoms with Gasteiger partial charge in [0.15, 0.2) is 0 Å². The summed E-state index contributed by atoms with van der Waals surface area (Å²) in [6.07, 6.45) is 7.08. The molecule has 0 saturated carbocycles. The van der Waals surface area contributed by atoms with E-state index in [2.05, 4.69) is 36.8 Å². The van der Waals surface area contributed by atoms with Crippen molar-refractivity contribution in [3.05, 3.63) is 53.5 Å². The third-order valence-corrected chi connectivity index (χ3v) is 2.89. The number of hydrogen-bond donors (Lipinski definition) is 0. The van der Waals surface area contributed by atoms with E-state index in [0.29, 0.717) is 0 Å². The van der Waals surface area contributed by atoms with Crippen LogP contribution < -0.4 is 0 Å². The summed E-state index contributed by atoms with van der Waals surface area (Å²) < 4.78 is 0. The molecule has 2 aliphatic carbocycles. The SMILES string of the molecule is [CH]1C=C1C1CCc2ccccc21. The monoisotopic (exact) mass is 155 g/mol. The highest BCUT2D eigenvalue weighted by molar-refractivity contribution is 5.51. The molecule has 0 fully saturated rings. The van der Waals surface area contributed by atoms with Crippen molar-refractivity contribution in [1.82, 2.24) is 0 Å². The molecule has 0 heterocycles. The molecule has 1 aromatic carbocycles. The molecule has 0 aliphatic heterocycles. The molecule has 1 unspecified atom stereocenters. The van der Waals surface area contributed by atoms with E-state index in [1.165, 1.54) is 12.8 Å². The Hall–Kier alpha value is -1.04. The average molecular weight is 155 g/mol. The van der Waals surface area contributed by atoms with Gasteiger partial charge in [0.1, 0.15) is 0 Å². The first-order chi connectivity index (χ1) is 5.95. The topological polar surface area (TPSA) is 0 Å². The van der Waals surface area contributed by atoms with Gasteiger partial charge in [-0.2, -0.15) is 0 Å². The minimum Gasteiger partial charge on any atom is -0.0760 e. The summed E-state index contributed by atoms with van der Waals surface area (Å²) in [5, 5.41) is 0. The van der Waals surface area contributed by atoms with Gasteiger partial charge in [-0.3, -0.25) is 0 Å². The van der Waals surface area contributed by atoms with E-state index >= 15 is 0 Å². The van der Waals surface area contributed by atoms with E-state index in [4.69, 9.17) is 0 Å². The lowest BCUT2D eigenvalue weighted by Gasteiger charge is -2.05. The Morgan fingerprint density at radius 2 is 2.00 bits per heavy atom. The highest BCUT2D eigenvalue weighted by Crippen LogP contribution is 2.43. The van der Waals surface area contributed by atoms with Crippen LogP contribution in [0.15, 0.2) is 35.9 Å². The summed E-state index contributed by atoms with van der Waals surface area (Å²) in [6, 6.07) is 8.84. The van der Waals surface area contributed by atoms with Gasteiger partial charge in [0.2, 0.25) is 0 Å². The second kappa shape index (κ2) is 2.22. The lowest BCUT2D eigenvalue weighted by molar-refractivity contribution is 0.800. The van der Waals surface area contributed by atoms with Crippen LogP contribution in [0.25, 0.3) is 0 Å². The molecule has 0 heteroatoms. The fraction of sp³-hybridized carbons (Fsp3) is 0.250. The van der Waals surface area contributed by atoms with Gasteiger partial charge >= 0.3 is 0 Å². The summed E-state index contributed by atoms with van der Waals surface area (Å²) in [5.74, 6) is 0.737. The van der Waals surface area contributed by atoms with Crippen LogP contribution in [0.4, 0.5) is 0 Å². The molecular weight excluding hydrogens is 144 g/mol. The van der Waals surface area contributed by atoms with Crippen molar-refractivity contribution < 1.29 is 0 Å². The molecule has 3 rings (SSSR count). The van der Waals surface area contributed by atoms with E-state index in [9.17, 15) is 0 Å². The molecule has 0 aromatic heterocycles. The first kappa shape index (κ1) is 6.47. The van der Waals surface area contributed by atoms with Crippen LogP contribution in [0, 0.1) is 6.42 Å². The normalized spacial score (nSPS) is 25.0. The van der Waals surface area contributed by atoms with Crippen LogP contribution >= 0.6 is 0 Å². The van der Waals surface area contributed by atoms with Gasteiger partial charge in [0, 0.05) is 12.3 Å². The molecule has 0 amide bonds. The maximum absolute atomic E-state index is 2.28. The number of hydrogen-bond acceptors (Lipinski definition) is 0. The van der Waals surface area contributed by atoms with Gasteiger partial charge < -0.3 is 0 Å². The van der Waals surface area contributed by atoms with Crippen molar-refractivity contribution in [1.29, 1.82) is 0 Å². The van der Waals surface area contributed by atoms with Crippen LogP contribution in [0.2, 0.25) is 0 Å². The quantitative estimate of drug-likeness (QED) is 0.585. The summed E-state index contributed by atoms with van der Waals surface area (Å²) in [4.78, 5) is 0. The third kappa shape index (κ3) is 0.842. The maximum Gasteiger partial charge on any atom is 0.00868 e. The highest BCUT2D eigenvalue weighted by Gasteiger charge is 2.28. The number of fused-ring (bicyclic) bond motifs is 1. The lowest BCUT2D eigenvalue weighted by atomic mass is 9.99. The first-order valence-electron chi connectivity index (χ1n) is 4.58. The largest absolute Gasteiger partial charge is 0.0760 e. The van der Waals surface area contributed by atoms with Crippen molar-refractivity contribution in [3.8, 4) is 0 Å². The zero-order valence-electron chi connectivity index (χ0n) is 6.96.